The minimum atomic E-state index is -3.57. The number of nitrogens with one attached hydrogen (secondary N) is 1. The van der Waals surface area contributed by atoms with E-state index in [0.29, 0.717) is 12.8 Å². The van der Waals surface area contributed by atoms with Crippen LogP contribution in [0.25, 0.3) is 0 Å². The maximum absolute atomic E-state index is 12.0. The number of sulfonamides is 1. The van der Waals surface area contributed by atoms with Gasteiger partial charge >= 0.3 is 0 Å². The second-order valence-corrected chi connectivity index (χ2v) is 6.73. The van der Waals surface area contributed by atoms with Crippen LogP contribution in [-0.4, -0.2) is 35.5 Å². The van der Waals surface area contributed by atoms with Crippen molar-refractivity contribution in [2.75, 3.05) is 6.54 Å². The van der Waals surface area contributed by atoms with Crippen molar-refractivity contribution in [3.8, 4) is 0 Å². The van der Waals surface area contributed by atoms with E-state index in [1.807, 2.05) is 0 Å². The summed E-state index contributed by atoms with van der Waals surface area (Å²) in [5.74, 6) is 0. The summed E-state index contributed by atoms with van der Waals surface area (Å²) in [5.41, 5.74) is -0.895. The van der Waals surface area contributed by atoms with Gasteiger partial charge in [-0.15, -0.1) is 0 Å². The van der Waals surface area contributed by atoms with Gasteiger partial charge < -0.3 is 5.11 Å². The molecule has 102 valence electrons. The fourth-order valence-electron chi connectivity index (χ4n) is 2.24. The molecule has 0 radical (unpaired) electrons. The Morgan fingerprint density at radius 2 is 2.11 bits per heavy atom. The van der Waals surface area contributed by atoms with Crippen LogP contribution in [0, 0.1) is 0 Å². The Morgan fingerprint density at radius 3 is 2.67 bits per heavy atom. The number of aliphatic hydroxyl groups is 1. The molecule has 2 N–H and O–H groups in total. The van der Waals surface area contributed by atoms with Crippen molar-refractivity contribution in [1.82, 2.24) is 14.5 Å². The molecule has 1 heterocycles. The Labute approximate surface area is 107 Å². The second kappa shape index (κ2) is 4.99. The summed E-state index contributed by atoms with van der Waals surface area (Å²) < 4.78 is 27.8. The third kappa shape index (κ3) is 3.09. The van der Waals surface area contributed by atoms with Gasteiger partial charge in [0.15, 0.2) is 0 Å². The second-order valence-electron chi connectivity index (χ2n) is 4.96. The van der Waals surface area contributed by atoms with Crippen molar-refractivity contribution >= 4 is 10.0 Å². The fraction of sp³-hybridized carbons (Fsp3) is 0.727. The monoisotopic (exact) mass is 273 g/mol. The van der Waals surface area contributed by atoms with E-state index in [1.165, 1.54) is 17.1 Å². The molecule has 0 atom stereocenters. The van der Waals surface area contributed by atoms with E-state index in [1.54, 1.807) is 7.05 Å². The molecule has 1 aliphatic carbocycles. The fourth-order valence-corrected chi connectivity index (χ4v) is 3.34. The summed E-state index contributed by atoms with van der Waals surface area (Å²) in [6.07, 6.45) is 7.06. The average Bonchev–Trinajstić information content (AvgIpc) is 2.76. The smallest absolute Gasteiger partial charge is 0.243 e. The topological polar surface area (TPSA) is 84.2 Å². The number of nitrogens with zero attached hydrogens (tertiary/aromatic N) is 2. The van der Waals surface area contributed by atoms with Crippen molar-refractivity contribution in [1.29, 1.82) is 0 Å². The van der Waals surface area contributed by atoms with Crippen molar-refractivity contribution in [2.24, 2.45) is 7.05 Å². The van der Waals surface area contributed by atoms with E-state index in [-0.39, 0.29) is 11.4 Å². The lowest BCUT2D eigenvalue weighted by molar-refractivity contribution is 0.00945. The molecule has 0 aromatic carbocycles. The predicted octanol–water partition coefficient (Wildman–Crippen LogP) is 0.394. The van der Waals surface area contributed by atoms with E-state index in [9.17, 15) is 13.5 Å². The lowest BCUT2D eigenvalue weighted by Gasteiger charge is -2.31. The molecule has 0 saturated heterocycles. The molecule has 0 unspecified atom stereocenters. The van der Waals surface area contributed by atoms with E-state index >= 15 is 0 Å². The van der Waals surface area contributed by atoms with E-state index < -0.39 is 15.6 Å². The highest BCUT2D eigenvalue weighted by molar-refractivity contribution is 7.89. The molecule has 1 aromatic heterocycles. The van der Waals surface area contributed by atoms with Gasteiger partial charge in [-0.3, -0.25) is 4.68 Å². The van der Waals surface area contributed by atoms with Gasteiger partial charge in [0, 0.05) is 19.8 Å². The maximum atomic E-state index is 12.0. The van der Waals surface area contributed by atoms with Crippen molar-refractivity contribution in [2.45, 2.75) is 42.6 Å². The molecule has 0 bridgehead atoms. The Morgan fingerprint density at radius 1 is 1.44 bits per heavy atom. The summed E-state index contributed by atoms with van der Waals surface area (Å²) in [7, 11) is -1.91. The van der Waals surface area contributed by atoms with E-state index in [2.05, 4.69) is 9.82 Å². The van der Waals surface area contributed by atoms with Gasteiger partial charge in [0.25, 0.3) is 0 Å². The number of aryl methyl sites for hydroxylation is 1. The Bertz CT molecular complexity index is 503. The van der Waals surface area contributed by atoms with Crippen LogP contribution in [0.5, 0.6) is 0 Å². The van der Waals surface area contributed by atoms with E-state index in [4.69, 9.17) is 0 Å². The van der Waals surface area contributed by atoms with E-state index in [0.717, 1.165) is 19.3 Å². The van der Waals surface area contributed by atoms with Crippen LogP contribution < -0.4 is 4.72 Å². The number of hydrogen-bond acceptors (Lipinski definition) is 4. The lowest BCUT2D eigenvalue weighted by Crippen LogP contribution is -2.44. The zero-order valence-corrected chi connectivity index (χ0v) is 11.3. The Hall–Kier alpha value is -0.920. The van der Waals surface area contributed by atoms with Crippen LogP contribution in [0.3, 0.4) is 0 Å². The van der Waals surface area contributed by atoms with Crippen LogP contribution in [0.2, 0.25) is 0 Å². The number of rotatable bonds is 4. The highest BCUT2D eigenvalue weighted by atomic mass is 32.2. The van der Waals surface area contributed by atoms with Gasteiger partial charge in [-0.2, -0.15) is 5.10 Å². The van der Waals surface area contributed by atoms with Gasteiger partial charge in [0.2, 0.25) is 10.0 Å². The highest BCUT2D eigenvalue weighted by Crippen LogP contribution is 2.27. The third-order valence-electron chi connectivity index (χ3n) is 3.37. The SMILES string of the molecule is Cn1cc(S(=O)(=O)NCC2(O)CCCCC2)cn1. The number of hydrogen-bond donors (Lipinski definition) is 2. The molecule has 1 fully saturated rings. The van der Waals surface area contributed by atoms with Gasteiger partial charge in [-0.1, -0.05) is 19.3 Å². The Kier molecular flexibility index (Phi) is 3.74. The molecule has 0 aliphatic heterocycles. The molecule has 18 heavy (non-hydrogen) atoms. The summed E-state index contributed by atoms with van der Waals surface area (Å²) in [6, 6.07) is 0. The first kappa shape index (κ1) is 13.5. The van der Waals surface area contributed by atoms with Crippen LogP contribution in [0.15, 0.2) is 17.3 Å². The van der Waals surface area contributed by atoms with Crippen molar-refractivity contribution < 1.29 is 13.5 Å². The first-order chi connectivity index (χ1) is 8.41. The van der Waals surface area contributed by atoms with Gasteiger partial charge in [-0.05, 0) is 12.8 Å². The standard InChI is InChI=1S/C11H19N3O3S/c1-14-8-10(7-12-14)18(16,17)13-9-11(15)5-3-2-4-6-11/h7-8,13,15H,2-6,9H2,1H3. The molecule has 6 nitrogen and oxygen atoms in total. The Balaban J connectivity index is 2.01. The highest BCUT2D eigenvalue weighted by Gasteiger charge is 2.31. The average molecular weight is 273 g/mol. The zero-order chi connectivity index (χ0) is 13.2. The summed E-state index contributed by atoms with van der Waals surface area (Å²) >= 11 is 0. The van der Waals surface area contributed by atoms with Crippen LogP contribution in [-0.2, 0) is 17.1 Å². The molecular weight excluding hydrogens is 254 g/mol. The summed E-state index contributed by atoms with van der Waals surface area (Å²) in [5, 5.41) is 14.1. The maximum Gasteiger partial charge on any atom is 0.243 e. The minimum absolute atomic E-state index is 0.0736. The molecule has 1 aliphatic rings. The van der Waals surface area contributed by atoms with Gasteiger partial charge in [0.05, 0.1) is 11.8 Å². The zero-order valence-electron chi connectivity index (χ0n) is 10.5. The third-order valence-corrected chi connectivity index (χ3v) is 4.72. The largest absolute Gasteiger partial charge is 0.389 e. The van der Waals surface area contributed by atoms with Crippen molar-refractivity contribution in [3.63, 3.8) is 0 Å². The number of aromatic nitrogens is 2. The summed E-state index contributed by atoms with van der Waals surface area (Å²) in [6.45, 7) is 0.0736. The molecule has 1 aromatic rings. The molecule has 0 spiro atoms. The van der Waals surface area contributed by atoms with Crippen LogP contribution >= 0.6 is 0 Å². The molecule has 0 amide bonds. The molecular formula is C11H19N3O3S. The predicted molar refractivity (Wildman–Crippen MR) is 66.4 cm³/mol. The molecule has 2 rings (SSSR count). The molecule has 1 saturated carbocycles. The first-order valence-corrected chi connectivity index (χ1v) is 7.60. The van der Waals surface area contributed by atoms with Crippen LogP contribution in [0.1, 0.15) is 32.1 Å². The van der Waals surface area contributed by atoms with Crippen molar-refractivity contribution in [3.05, 3.63) is 12.4 Å². The quantitative estimate of drug-likeness (QED) is 0.831. The minimum Gasteiger partial charge on any atom is -0.389 e. The van der Waals surface area contributed by atoms with Gasteiger partial charge in [-0.25, -0.2) is 13.1 Å². The first-order valence-electron chi connectivity index (χ1n) is 6.12. The lowest BCUT2D eigenvalue weighted by atomic mass is 9.85. The normalized spacial score (nSPS) is 19.9. The van der Waals surface area contributed by atoms with Gasteiger partial charge in [0.1, 0.15) is 4.90 Å². The van der Waals surface area contributed by atoms with Crippen LogP contribution in [0.4, 0.5) is 0 Å². The summed E-state index contributed by atoms with van der Waals surface area (Å²) in [4.78, 5) is 0.129. The molecule has 7 heteroatoms.